The van der Waals surface area contributed by atoms with Gasteiger partial charge in [-0.1, -0.05) is 60.1 Å². The van der Waals surface area contributed by atoms with Gasteiger partial charge in [-0.15, -0.1) is 0 Å². The first-order chi connectivity index (χ1) is 17.5. The molecule has 2 aromatic heterocycles. The predicted octanol–water partition coefficient (Wildman–Crippen LogP) is 5.44. The van der Waals surface area contributed by atoms with E-state index in [1.807, 2.05) is 66.5 Å². The lowest BCUT2D eigenvalue weighted by Crippen LogP contribution is -2.35. The number of hydrogen-bond donors (Lipinski definition) is 3. The Labute approximate surface area is 213 Å². The molecule has 0 aliphatic heterocycles. The van der Waals surface area contributed by atoms with Crippen LogP contribution in [0.15, 0.2) is 90.9 Å². The lowest BCUT2D eigenvalue weighted by molar-refractivity contribution is -0.117. The van der Waals surface area contributed by atoms with Gasteiger partial charge in [-0.05, 0) is 42.3 Å². The van der Waals surface area contributed by atoms with Crippen molar-refractivity contribution in [1.82, 2.24) is 20.2 Å². The zero-order valence-electron chi connectivity index (χ0n) is 19.7. The Bertz CT molecular complexity index is 1610. The molecule has 2 heterocycles. The molecule has 0 spiro atoms. The Morgan fingerprint density at radius 2 is 1.69 bits per heavy atom. The highest BCUT2D eigenvalue weighted by molar-refractivity contribution is 6.34. The van der Waals surface area contributed by atoms with Crippen molar-refractivity contribution in [3.05, 3.63) is 113 Å². The van der Waals surface area contributed by atoms with Crippen LogP contribution in [0.4, 0.5) is 0 Å². The van der Waals surface area contributed by atoms with E-state index in [4.69, 9.17) is 11.6 Å². The molecule has 6 nitrogen and oxygen atoms in total. The van der Waals surface area contributed by atoms with Crippen LogP contribution in [0, 0.1) is 0 Å². The molecule has 0 aliphatic carbocycles. The topological polar surface area (TPSA) is 78.9 Å². The first-order valence-electron chi connectivity index (χ1n) is 11.7. The van der Waals surface area contributed by atoms with Crippen LogP contribution in [0.2, 0.25) is 5.02 Å². The van der Waals surface area contributed by atoms with E-state index in [0.717, 1.165) is 32.9 Å². The van der Waals surface area contributed by atoms with Gasteiger partial charge in [0.15, 0.2) is 0 Å². The molecule has 0 radical (unpaired) electrons. The molecule has 36 heavy (non-hydrogen) atoms. The molecule has 0 bridgehead atoms. The Balaban J connectivity index is 1.40. The van der Waals surface area contributed by atoms with Crippen molar-refractivity contribution < 1.29 is 9.59 Å². The first-order valence-corrected chi connectivity index (χ1v) is 12.0. The van der Waals surface area contributed by atoms with Crippen molar-refractivity contribution in [1.29, 1.82) is 0 Å². The standard InChI is InChI=1S/C29H25ClN4O2/c1-34-18-20(22-9-4-7-13-27(22)34)16-26(33-28(35)23-10-2-5-11-24(23)30)29(36)31-15-14-19-17-32-25-12-6-3-8-21(19)25/h2-13,16-18,32H,14-15H2,1H3,(H,31,36)(H,33,35). The van der Waals surface area contributed by atoms with E-state index in [2.05, 4.69) is 21.7 Å². The van der Waals surface area contributed by atoms with Crippen LogP contribution in [-0.2, 0) is 18.3 Å². The number of rotatable bonds is 7. The molecule has 7 heteroatoms. The van der Waals surface area contributed by atoms with Crippen molar-refractivity contribution >= 4 is 51.3 Å². The Morgan fingerprint density at radius 3 is 2.53 bits per heavy atom. The van der Waals surface area contributed by atoms with Crippen LogP contribution in [0.1, 0.15) is 21.5 Å². The number of aromatic amines is 1. The minimum absolute atomic E-state index is 0.148. The average Bonchev–Trinajstić information content (AvgIpc) is 3.44. The average molecular weight is 497 g/mol. The normalized spacial score (nSPS) is 11.7. The summed E-state index contributed by atoms with van der Waals surface area (Å²) >= 11 is 6.23. The summed E-state index contributed by atoms with van der Waals surface area (Å²) in [6, 6.07) is 22.7. The molecular formula is C29H25ClN4O2. The van der Waals surface area contributed by atoms with Crippen LogP contribution >= 0.6 is 11.6 Å². The van der Waals surface area contributed by atoms with E-state index < -0.39 is 5.91 Å². The van der Waals surface area contributed by atoms with Crippen molar-refractivity contribution in [2.45, 2.75) is 6.42 Å². The second-order valence-corrected chi connectivity index (χ2v) is 8.98. The molecular weight excluding hydrogens is 472 g/mol. The summed E-state index contributed by atoms with van der Waals surface area (Å²) in [4.78, 5) is 29.6. The maximum Gasteiger partial charge on any atom is 0.267 e. The first kappa shape index (κ1) is 23.5. The molecule has 5 rings (SSSR count). The Kier molecular flexibility index (Phi) is 6.60. The highest BCUT2D eigenvalue weighted by atomic mass is 35.5. The monoisotopic (exact) mass is 496 g/mol. The number of aryl methyl sites for hydroxylation is 1. The summed E-state index contributed by atoms with van der Waals surface area (Å²) in [7, 11) is 1.95. The molecule has 0 atom stereocenters. The largest absolute Gasteiger partial charge is 0.361 e. The number of H-pyrrole nitrogens is 1. The van der Waals surface area contributed by atoms with E-state index in [-0.39, 0.29) is 11.6 Å². The van der Waals surface area contributed by atoms with E-state index in [9.17, 15) is 9.59 Å². The van der Waals surface area contributed by atoms with Crippen molar-refractivity contribution in [2.24, 2.45) is 7.05 Å². The number of amides is 2. The van der Waals surface area contributed by atoms with Crippen molar-refractivity contribution in [3.8, 4) is 0 Å². The minimum atomic E-state index is -0.445. The second kappa shape index (κ2) is 10.1. The van der Waals surface area contributed by atoms with Gasteiger partial charge in [-0.2, -0.15) is 0 Å². The molecule has 3 N–H and O–H groups in total. The zero-order valence-corrected chi connectivity index (χ0v) is 20.5. The summed E-state index contributed by atoms with van der Waals surface area (Å²) in [6.07, 6.45) is 6.25. The summed E-state index contributed by atoms with van der Waals surface area (Å²) in [6.45, 7) is 0.412. The number of hydrogen-bond acceptors (Lipinski definition) is 2. The zero-order chi connectivity index (χ0) is 25.1. The van der Waals surface area contributed by atoms with Crippen molar-refractivity contribution in [3.63, 3.8) is 0 Å². The van der Waals surface area contributed by atoms with E-state index in [0.29, 0.717) is 23.6 Å². The Hall–Kier alpha value is -4.29. The number of nitrogens with zero attached hydrogens (tertiary/aromatic N) is 1. The lowest BCUT2D eigenvalue weighted by Gasteiger charge is -2.12. The van der Waals surface area contributed by atoms with E-state index >= 15 is 0 Å². The smallest absolute Gasteiger partial charge is 0.267 e. The van der Waals surface area contributed by atoms with Gasteiger partial charge in [-0.3, -0.25) is 9.59 Å². The SMILES string of the molecule is Cn1cc(C=C(NC(=O)c2ccccc2Cl)C(=O)NCCc2c[nH]c3ccccc23)c2ccccc21. The number of carbonyl (C=O) groups is 2. The van der Waals surface area contributed by atoms with Gasteiger partial charge in [-0.25, -0.2) is 0 Å². The third-order valence-electron chi connectivity index (χ3n) is 6.19. The third kappa shape index (κ3) is 4.76. The number of halogens is 1. The predicted molar refractivity (Wildman–Crippen MR) is 145 cm³/mol. The fourth-order valence-electron chi connectivity index (χ4n) is 4.38. The van der Waals surface area contributed by atoms with E-state index in [1.54, 1.807) is 30.3 Å². The quantitative estimate of drug-likeness (QED) is 0.262. The van der Waals surface area contributed by atoms with Crippen LogP contribution in [0.25, 0.3) is 27.9 Å². The second-order valence-electron chi connectivity index (χ2n) is 8.57. The summed E-state index contributed by atoms with van der Waals surface area (Å²) in [5, 5.41) is 8.17. The lowest BCUT2D eigenvalue weighted by atomic mass is 10.1. The van der Waals surface area contributed by atoms with Crippen LogP contribution in [-0.4, -0.2) is 27.9 Å². The molecule has 0 unspecified atom stereocenters. The Morgan fingerprint density at radius 1 is 0.972 bits per heavy atom. The van der Waals surface area contributed by atoms with Crippen LogP contribution in [0.3, 0.4) is 0 Å². The number of nitrogens with one attached hydrogen (secondary N) is 3. The van der Waals surface area contributed by atoms with Gasteiger partial charge in [0.2, 0.25) is 0 Å². The van der Waals surface area contributed by atoms with Crippen molar-refractivity contribution in [2.75, 3.05) is 6.54 Å². The van der Waals surface area contributed by atoms with Gasteiger partial charge in [0.1, 0.15) is 5.70 Å². The molecule has 5 aromatic rings. The summed E-state index contributed by atoms with van der Waals surface area (Å²) in [5.41, 5.74) is 4.48. The maximum atomic E-state index is 13.3. The third-order valence-corrected chi connectivity index (χ3v) is 6.52. The fraction of sp³-hybridized carbons (Fsp3) is 0.103. The highest BCUT2D eigenvalue weighted by Crippen LogP contribution is 2.23. The van der Waals surface area contributed by atoms with Gasteiger partial charge in [0.05, 0.1) is 10.6 Å². The molecule has 0 fully saturated rings. The summed E-state index contributed by atoms with van der Waals surface area (Å²) < 4.78 is 1.99. The number of fused-ring (bicyclic) bond motifs is 2. The maximum absolute atomic E-state index is 13.3. The fourth-order valence-corrected chi connectivity index (χ4v) is 4.60. The number of aromatic nitrogens is 2. The highest BCUT2D eigenvalue weighted by Gasteiger charge is 2.17. The molecule has 0 aliphatic rings. The van der Waals surface area contributed by atoms with Gasteiger partial charge < -0.3 is 20.2 Å². The van der Waals surface area contributed by atoms with Gasteiger partial charge in [0, 0.05) is 53.4 Å². The number of carbonyl (C=O) groups excluding carboxylic acids is 2. The minimum Gasteiger partial charge on any atom is -0.361 e. The van der Waals surface area contributed by atoms with Gasteiger partial charge in [0.25, 0.3) is 11.8 Å². The van der Waals surface area contributed by atoms with Crippen LogP contribution in [0.5, 0.6) is 0 Å². The molecule has 180 valence electrons. The van der Waals surface area contributed by atoms with Gasteiger partial charge >= 0.3 is 0 Å². The molecule has 0 saturated carbocycles. The number of benzene rings is 3. The summed E-state index contributed by atoms with van der Waals surface area (Å²) in [5.74, 6) is -0.818. The van der Waals surface area contributed by atoms with E-state index in [1.165, 1.54) is 0 Å². The molecule has 2 amide bonds. The van der Waals surface area contributed by atoms with Crippen LogP contribution < -0.4 is 10.6 Å². The number of para-hydroxylation sites is 2. The molecule has 3 aromatic carbocycles. The molecule has 0 saturated heterocycles.